The molecule has 0 atom stereocenters. The first-order chi connectivity index (χ1) is 15.0. The Morgan fingerprint density at radius 2 is 1.53 bits per heavy atom. The normalized spacial score (nSPS) is 12.8. The maximum atomic E-state index is 12.8. The van der Waals surface area contributed by atoms with Crippen LogP contribution in [0.5, 0.6) is 0 Å². The van der Waals surface area contributed by atoms with Crippen LogP contribution in [0.3, 0.4) is 0 Å². The van der Waals surface area contributed by atoms with Gasteiger partial charge in [-0.05, 0) is 50.7 Å². The molecule has 0 heterocycles. The first-order valence-corrected chi connectivity index (χ1v) is 11.1. The second-order valence-corrected chi connectivity index (χ2v) is 8.17. The number of nitrogens with one attached hydrogen (secondary N) is 2. The molecule has 0 spiro atoms. The molecule has 0 aromatic heterocycles. The molecule has 0 unspecified atom stereocenters. The van der Waals surface area contributed by atoms with E-state index in [4.69, 9.17) is 0 Å². The predicted molar refractivity (Wildman–Crippen MR) is 107 cm³/mol. The van der Waals surface area contributed by atoms with Gasteiger partial charge >= 0.3 is 23.8 Å². The van der Waals surface area contributed by atoms with Crippen molar-refractivity contribution in [1.29, 1.82) is 0 Å². The number of anilines is 1. The molecule has 2 amide bonds. The first-order valence-electron chi connectivity index (χ1n) is 9.58. The highest BCUT2D eigenvalue weighted by molar-refractivity contribution is 7.90. The third kappa shape index (κ3) is 5.38. The van der Waals surface area contributed by atoms with Gasteiger partial charge in [-0.2, -0.15) is 0 Å². The average Bonchev–Trinajstić information content (AvgIpc) is 2.73. The van der Waals surface area contributed by atoms with Crippen molar-refractivity contribution in [3.8, 4) is 0 Å². The molecule has 2 N–H and O–H groups in total. The van der Waals surface area contributed by atoms with Gasteiger partial charge in [0.15, 0.2) is 0 Å². The number of nitro benzene ring substituents is 1. The van der Waals surface area contributed by atoms with E-state index in [1.165, 1.54) is 13.8 Å². The smallest absolute Gasteiger partial charge is 0.397 e. The lowest BCUT2D eigenvalue weighted by molar-refractivity contribution is -0.384. The van der Waals surface area contributed by atoms with Crippen molar-refractivity contribution < 1.29 is 42.0 Å². The monoisotopic (exact) mass is 471 g/mol. The van der Waals surface area contributed by atoms with E-state index in [1.54, 1.807) is 4.72 Å². The minimum atomic E-state index is -4.70. The van der Waals surface area contributed by atoms with E-state index < -0.39 is 49.3 Å². The second-order valence-electron chi connectivity index (χ2n) is 6.52. The summed E-state index contributed by atoms with van der Waals surface area (Å²) >= 11 is 0. The molecule has 0 fully saturated rings. The molecule has 14 heteroatoms. The maximum Gasteiger partial charge on any atom is 0.397 e. The second kappa shape index (κ2) is 10.2. The lowest BCUT2D eigenvalue weighted by atomic mass is 9.89. The van der Waals surface area contributed by atoms with Crippen molar-refractivity contribution in [3.05, 3.63) is 27.3 Å². The topological polar surface area (TPSA) is 188 Å². The number of ether oxygens (including phenoxy) is 2. The summed E-state index contributed by atoms with van der Waals surface area (Å²) in [5.41, 5.74) is -0.845. The largest absolute Gasteiger partial charge is 0.459 e. The zero-order valence-electron chi connectivity index (χ0n) is 17.3. The molecule has 1 aliphatic rings. The van der Waals surface area contributed by atoms with Crippen LogP contribution in [-0.2, 0) is 51.5 Å². The number of nitro groups is 1. The zero-order chi connectivity index (χ0) is 24.1. The summed E-state index contributed by atoms with van der Waals surface area (Å²) in [5.74, 6) is -5.50. The molecule has 32 heavy (non-hydrogen) atoms. The summed E-state index contributed by atoms with van der Waals surface area (Å²) in [5, 5.41) is 13.8. The van der Waals surface area contributed by atoms with E-state index >= 15 is 0 Å². The van der Waals surface area contributed by atoms with Crippen LogP contribution >= 0.6 is 0 Å². The van der Waals surface area contributed by atoms with Crippen LogP contribution in [0.2, 0.25) is 0 Å². The summed E-state index contributed by atoms with van der Waals surface area (Å²) in [7, 11) is -4.70. The lowest BCUT2D eigenvalue weighted by Gasteiger charge is -2.22. The van der Waals surface area contributed by atoms with Crippen LogP contribution < -0.4 is 10.0 Å². The molecular formula is C18H21N3O10S. The zero-order valence-corrected chi connectivity index (χ0v) is 18.1. The van der Waals surface area contributed by atoms with Crippen molar-refractivity contribution in [2.24, 2.45) is 0 Å². The number of sulfonamides is 1. The van der Waals surface area contributed by atoms with E-state index in [0.29, 0.717) is 18.9 Å². The molecule has 1 aliphatic carbocycles. The van der Waals surface area contributed by atoms with Gasteiger partial charge in [-0.15, -0.1) is 0 Å². The van der Waals surface area contributed by atoms with Gasteiger partial charge in [0.1, 0.15) is 5.69 Å². The Kier molecular flexibility index (Phi) is 7.86. The molecule has 1 aromatic carbocycles. The molecule has 174 valence electrons. The van der Waals surface area contributed by atoms with E-state index in [1.807, 2.05) is 0 Å². The number of amides is 2. The fourth-order valence-electron chi connectivity index (χ4n) is 3.19. The molecule has 2 rings (SSSR count). The van der Waals surface area contributed by atoms with Gasteiger partial charge in [-0.25, -0.2) is 22.7 Å². The number of carbonyl (C=O) groups is 4. The molecule has 0 saturated heterocycles. The minimum Gasteiger partial charge on any atom is -0.459 e. The number of esters is 2. The highest BCUT2D eigenvalue weighted by Gasteiger charge is 2.34. The molecule has 0 saturated carbocycles. The van der Waals surface area contributed by atoms with Crippen LogP contribution in [-0.4, -0.2) is 50.3 Å². The van der Waals surface area contributed by atoms with E-state index in [-0.39, 0.29) is 42.9 Å². The standard InChI is InChI=1S/C18H21N3O10S/c1-3-30-17(24)15(22)19-14-11-8-6-5-7-10(11)13(9-12(14)21(26)27)32(28,29)20-16(23)18(25)31-4-2/h9H,3-8H2,1-2H3,(H,19,22)(H,20,23). The van der Waals surface area contributed by atoms with Crippen molar-refractivity contribution >= 4 is 45.2 Å². The van der Waals surface area contributed by atoms with Gasteiger partial charge in [0.05, 0.1) is 23.0 Å². The molecule has 0 aliphatic heterocycles. The van der Waals surface area contributed by atoms with Gasteiger partial charge in [0.2, 0.25) is 0 Å². The Bertz CT molecular complexity index is 1080. The third-order valence-corrected chi connectivity index (χ3v) is 5.86. The van der Waals surface area contributed by atoms with Gasteiger partial charge < -0.3 is 14.8 Å². The minimum absolute atomic E-state index is 0.0935. The van der Waals surface area contributed by atoms with Crippen molar-refractivity contribution in [2.45, 2.75) is 44.4 Å². The lowest BCUT2D eigenvalue weighted by Crippen LogP contribution is -2.38. The van der Waals surface area contributed by atoms with Crippen molar-refractivity contribution in [3.63, 3.8) is 0 Å². The van der Waals surface area contributed by atoms with Gasteiger partial charge in [0, 0.05) is 6.07 Å². The van der Waals surface area contributed by atoms with E-state index in [2.05, 4.69) is 14.8 Å². The third-order valence-electron chi connectivity index (χ3n) is 4.46. The highest BCUT2D eigenvalue weighted by Crippen LogP contribution is 2.39. The van der Waals surface area contributed by atoms with Gasteiger partial charge in [-0.3, -0.25) is 19.7 Å². The number of hydrogen-bond donors (Lipinski definition) is 2. The maximum absolute atomic E-state index is 12.8. The van der Waals surface area contributed by atoms with Crippen molar-refractivity contribution in [2.75, 3.05) is 18.5 Å². The summed E-state index contributed by atoms with van der Waals surface area (Å²) < 4.78 is 36.2. The number of rotatable bonds is 6. The Labute approximate surface area is 182 Å². The molecular weight excluding hydrogens is 450 g/mol. The summed E-state index contributed by atoms with van der Waals surface area (Å²) in [6.07, 6.45) is 1.40. The molecule has 1 aromatic rings. The summed E-state index contributed by atoms with van der Waals surface area (Å²) in [4.78, 5) is 57.3. The SMILES string of the molecule is CCOC(=O)C(=O)Nc1c([N+](=O)[O-])cc(S(=O)(=O)NC(=O)C(=O)OCC)c2c1CCCC2. The molecule has 0 bridgehead atoms. The van der Waals surface area contributed by atoms with Crippen molar-refractivity contribution in [1.82, 2.24) is 4.72 Å². The Hall–Kier alpha value is -3.55. The number of benzene rings is 1. The first kappa shape index (κ1) is 24.7. The number of nitrogens with zero attached hydrogens (tertiary/aromatic N) is 1. The van der Waals surface area contributed by atoms with Crippen LogP contribution in [0.25, 0.3) is 0 Å². The molecule has 13 nitrogen and oxygen atoms in total. The van der Waals surface area contributed by atoms with Gasteiger partial charge in [-0.1, -0.05) is 0 Å². The predicted octanol–water partition coefficient (Wildman–Crippen LogP) is 0.343. The van der Waals surface area contributed by atoms with Crippen LogP contribution in [0.1, 0.15) is 37.8 Å². The van der Waals surface area contributed by atoms with Crippen LogP contribution in [0.15, 0.2) is 11.0 Å². The van der Waals surface area contributed by atoms with Crippen LogP contribution in [0.4, 0.5) is 11.4 Å². The number of carbonyl (C=O) groups excluding carboxylic acids is 4. The fourth-order valence-corrected chi connectivity index (χ4v) is 4.44. The van der Waals surface area contributed by atoms with E-state index in [9.17, 15) is 37.7 Å². The van der Waals surface area contributed by atoms with E-state index in [0.717, 1.165) is 0 Å². The fraction of sp³-hybridized carbons (Fsp3) is 0.444. The Morgan fingerprint density at radius 1 is 1.00 bits per heavy atom. The number of hydrogen-bond acceptors (Lipinski definition) is 10. The number of fused-ring (bicyclic) bond motifs is 1. The summed E-state index contributed by atoms with van der Waals surface area (Å²) in [6.45, 7) is 2.63. The van der Waals surface area contributed by atoms with Crippen LogP contribution in [0, 0.1) is 10.1 Å². The Balaban J connectivity index is 2.59. The summed E-state index contributed by atoms with van der Waals surface area (Å²) in [6, 6.07) is 0.672. The van der Waals surface area contributed by atoms with Gasteiger partial charge in [0.25, 0.3) is 15.7 Å². The average molecular weight is 471 g/mol. The Morgan fingerprint density at radius 3 is 2.06 bits per heavy atom. The highest BCUT2D eigenvalue weighted by atomic mass is 32.2. The molecule has 0 radical (unpaired) electrons. The quantitative estimate of drug-likeness (QED) is 0.253.